The SMILES string of the molecule is CC(=O)O[C@@]12CO[C@@H]1C[C@H](O)[C@@]1(C)C(=O)[C@H](O)C3=C(C)[C@@H](OC(=O)[C@H](O)[C@H](N)c4ccccc4)C[C@@](O)(C(OC(=O)c4ccccc4)C12)C3(C)C. The number of nitrogens with two attached hydrogens (primary N) is 1. The Hall–Kier alpha value is -3.98. The second-order valence-electron chi connectivity index (χ2n) is 15.0. The zero-order chi connectivity index (χ0) is 37.3. The Bertz CT molecular complexity index is 1750. The maximum atomic E-state index is 14.8. The summed E-state index contributed by atoms with van der Waals surface area (Å²) in [5.41, 5.74) is -0.496. The third-order valence-corrected chi connectivity index (χ3v) is 11.9. The molecule has 0 radical (unpaired) electrons. The molecule has 51 heavy (non-hydrogen) atoms. The average Bonchev–Trinajstić information content (AvgIpc) is 3.09. The van der Waals surface area contributed by atoms with Crippen LogP contribution in [-0.2, 0) is 33.3 Å². The number of carbonyl (C=O) groups excluding carboxylic acids is 4. The molecule has 3 aliphatic carbocycles. The molecule has 11 atom stereocenters. The molecule has 4 aliphatic rings. The summed E-state index contributed by atoms with van der Waals surface area (Å²) in [6, 6.07) is 15.2. The van der Waals surface area contributed by atoms with Crippen molar-refractivity contribution >= 4 is 23.7 Å². The fraction of sp³-hybridized carbons (Fsp3) is 0.526. The van der Waals surface area contributed by atoms with Gasteiger partial charge >= 0.3 is 17.9 Å². The molecule has 2 saturated carbocycles. The van der Waals surface area contributed by atoms with Crippen LogP contribution in [0.4, 0.5) is 0 Å². The number of esters is 3. The lowest BCUT2D eigenvalue weighted by Crippen LogP contribution is -2.81. The maximum Gasteiger partial charge on any atom is 0.338 e. The number of benzene rings is 2. The number of ether oxygens (including phenoxy) is 4. The minimum atomic E-state index is -2.28. The largest absolute Gasteiger partial charge is 0.456 e. The number of Topliss-reactive ketones (excluding diaryl/α,β-unsaturated/α-hetero) is 1. The molecule has 2 unspecified atom stereocenters. The van der Waals surface area contributed by atoms with Crippen LogP contribution < -0.4 is 5.73 Å². The lowest BCUT2D eigenvalue weighted by molar-refractivity contribution is -0.346. The van der Waals surface area contributed by atoms with E-state index in [9.17, 15) is 39.6 Å². The summed E-state index contributed by atoms with van der Waals surface area (Å²) >= 11 is 0. The van der Waals surface area contributed by atoms with E-state index in [1.807, 2.05) is 0 Å². The van der Waals surface area contributed by atoms with Crippen LogP contribution in [0.15, 0.2) is 71.8 Å². The maximum absolute atomic E-state index is 14.8. The van der Waals surface area contributed by atoms with Crippen molar-refractivity contribution in [3.63, 3.8) is 0 Å². The highest BCUT2D eigenvalue weighted by molar-refractivity contribution is 5.94. The number of ketones is 1. The van der Waals surface area contributed by atoms with E-state index in [2.05, 4.69) is 0 Å². The Balaban J connectivity index is 1.53. The summed E-state index contributed by atoms with van der Waals surface area (Å²) < 4.78 is 23.9. The number of hydrogen-bond donors (Lipinski definition) is 5. The Kier molecular flexibility index (Phi) is 9.31. The number of rotatable bonds is 7. The highest BCUT2D eigenvalue weighted by Crippen LogP contribution is 2.64. The molecule has 1 heterocycles. The van der Waals surface area contributed by atoms with E-state index in [-0.39, 0.29) is 29.7 Å². The Morgan fingerprint density at radius 2 is 1.59 bits per heavy atom. The third-order valence-electron chi connectivity index (χ3n) is 11.9. The van der Waals surface area contributed by atoms with Crippen LogP contribution in [0.25, 0.3) is 0 Å². The predicted molar refractivity (Wildman–Crippen MR) is 178 cm³/mol. The van der Waals surface area contributed by atoms with Gasteiger partial charge in [0, 0.05) is 25.2 Å². The number of hydrogen-bond acceptors (Lipinski definition) is 13. The summed E-state index contributed by atoms with van der Waals surface area (Å²) in [7, 11) is 0. The molecule has 2 bridgehead atoms. The lowest BCUT2D eigenvalue weighted by atomic mass is 9.44. The zero-order valence-corrected chi connectivity index (χ0v) is 29.1. The molecule has 0 aromatic heterocycles. The topological polar surface area (TPSA) is 212 Å². The molecule has 1 saturated heterocycles. The second kappa shape index (κ2) is 12.9. The van der Waals surface area contributed by atoms with Gasteiger partial charge in [-0.15, -0.1) is 0 Å². The lowest BCUT2D eigenvalue weighted by Gasteiger charge is -2.67. The van der Waals surface area contributed by atoms with Crippen molar-refractivity contribution in [2.75, 3.05) is 6.61 Å². The fourth-order valence-corrected chi connectivity index (χ4v) is 8.99. The van der Waals surface area contributed by atoms with Gasteiger partial charge in [-0.3, -0.25) is 9.59 Å². The van der Waals surface area contributed by atoms with E-state index < -0.39 is 101 Å². The van der Waals surface area contributed by atoms with E-state index in [4.69, 9.17) is 24.7 Å². The predicted octanol–water partition coefficient (Wildman–Crippen LogP) is 1.69. The smallest absolute Gasteiger partial charge is 0.338 e. The first-order chi connectivity index (χ1) is 23.9. The molecule has 1 aliphatic heterocycles. The molecular weight excluding hydrogens is 662 g/mol. The minimum Gasteiger partial charge on any atom is -0.456 e. The van der Waals surface area contributed by atoms with E-state index >= 15 is 0 Å². The van der Waals surface area contributed by atoms with Gasteiger partial charge in [-0.2, -0.15) is 0 Å². The monoisotopic (exact) mass is 707 g/mol. The van der Waals surface area contributed by atoms with E-state index in [0.29, 0.717) is 5.56 Å². The molecule has 2 aromatic rings. The van der Waals surface area contributed by atoms with Crippen LogP contribution >= 0.6 is 0 Å². The number of carbonyl (C=O) groups is 4. The normalized spacial score (nSPS) is 36.5. The van der Waals surface area contributed by atoms with Crippen molar-refractivity contribution in [2.24, 2.45) is 22.5 Å². The average molecular weight is 708 g/mol. The molecule has 6 N–H and O–H groups in total. The fourth-order valence-electron chi connectivity index (χ4n) is 8.99. The van der Waals surface area contributed by atoms with Gasteiger partial charge < -0.3 is 45.1 Å². The summed E-state index contributed by atoms with van der Waals surface area (Å²) in [5.74, 6) is -5.10. The molecule has 13 heteroatoms. The van der Waals surface area contributed by atoms with E-state index in [0.717, 1.165) is 0 Å². The highest BCUT2D eigenvalue weighted by Gasteiger charge is 2.78. The Morgan fingerprint density at radius 1 is 0.980 bits per heavy atom. The van der Waals surface area contributed by atoms with Gasteiger partial charge in [0.25, 0.3) is 0 Å². The first-order valence-corrected chi connectivity index (χ1v) is 17.0. The third kappa shape index (κ3) is 5.53. The van der Waals surface area contributed by atoms with E-state index in [1.165, 1.54) is 32.9 Å². The van der Waals surface area contributed by atoms with Crippen LogP contribution in [0, 0.1) is 16.7 Å². The number of aliphatic hydroxyl groups is 4. The molecule has 2 aromatic carbocycles. The van der Waals surface area contributed by atoms with Crippen molar-refractivity contribution in [2.45, 2.75) is 101 Å². The van der Waals surface area contributed by atoms with Crippen LogP contribution in [0.2, 0.25) is 0 Å². The van der Waals surface area contributed by atoms with Gasteiger partial charge in [0.1, 0.15) is 30.0 Å². The molecule has 0 spiro atoms. The summed E-state index contributed by atoms with van der Waals surface area (Å²) in [5, 5.41) is 48.0. The standard InChI is InChI=1S/C38H45NO12/c1-19-23(49-34(46)29(43)27(39)21-12-8-6-9-13-21)17-38(47)32(50-33(45)22-14-10-7-11-15-22)30-36(5,31(44)28(42)26(19)35(38,3)4)24(41)16-25-37(30,18-48-25)51-20(2)40/h6-15,23-25,27-30,32,41-43,47H,16-18,39H2,1-5H3/t23-,24-,25+,27+,28+,29+,30?,32?,36+,37-,38+/m0/s1. The van der Waals surface area contributed by atoms with Crippen LogP contribution in [0.5, 0.6) is 0 Å². The molecular formula is C38H45NO12. The minimum absolute atomic E-state index is 0.0120. The van der Waals surface area contributed by atoms with Gasteiger partial charge in [0.05, 0.1) is 35.6 Å². The van der Waals surface area contributed by atoms with Crippen LogP contribution in [0.3, 0.4) is 0 Å². The molecule has 274 valence electrons. The molecule has 0 amide bonds. The molecule has 6 rings (SSSR count). The van der Waals surface area contributed by atoms with Crippen molar-refractivity contribution in [3.8, 4) is 0 Å². The van der Waals surface area contributed by atoms with Crippen molar-refractivity contribution in [3.05, 3.63) is 82.9 Å². The van der Waals surface area contributed by atoms with Crippen LogP contribution in [0.1, 0.15) is 69.4 Å². The summed E-state index contributed by atoms with van der Waals surface area (Å²) in [4.78, 5) is 55.0. The quantitative estimate of drug-likeness (QED) is 0.158. The second-order valence-corrected chi connectivity index (χ2v) is 15.0. The van der Waals surface area contributed by atoms with Gasteiger partial charge in [0.15, 0.2) is 17.5 Å². The van der Waals surface area contributed by atoms with Crippen molar-refractivity contribution in [1.29, 1.82) is 0 Å². The number of aliphatic hydroxyl groups excluding tert-OH is 3. The first-order valence-electron chi connectivity index (χ1n) is 17.0. The zero-order valence-electron chi connectivity index (χ0n) is 29.1. The summed E-state index contributed by atoms with van der Waals surface area (Å²) in [6.45, 7) is 6.99. The van der Waals surface area contributed by atoms with E-state index in [1.54, 1.807) is 62.4 Å². The molecule has 3 fully saturated rings. The van der Waals surface area contributed by atoms with Crippen molar-refractivity contribution in [1.82, 2.24) is 0 Å². The first kappa shape index (κ1) is 36.8. The van der Waals surface area contributed by atoms with Crippen molar-refractivity contribution < 1.29 is 58.6 Å². The number of fused-ring (bicyclic) bond motifs is 5. The Morgan fingerprint density at radius 3 is 2.16 bits per heavy atom. The highest BCUT2D eigenvalue weighted by atomic mass is 16.6. The van der Waals surface area contributed by atoms with Crippen LogP contribution in [-0.4, -0.2) is 98.6 Å². The Labute approximate surface area is 295 Å². The van der Waals surface area contributed by atoms with Gasteiger partial charge in [-0.1, -0.05) is 62.4 Å². The van der Waals surface area contributed by atoms with Gasteiger partial charge in [0.2, 0.25) is 0 Å². The van der Waals surface area contributed by atoms with Gasteiger partial charge in [-0.25, -0.2) is 9.59 Å². The van der Waals surface area contributed by atoms with Gasteiger partial charge in [-0.05, 0) is 42.7 Å². The molecule has 13 nitrogen and oxygen atoms in total. The summed E-state index contributed by atoms with van der Waals surface area (Å²) in [6.07, 6.45) is -9.94.